The van der Waals surface area contributed by atoms with Gasteiger partial charge in [-0.25, -0.2) is 9.59 Å². The van der Waals surface area contributed by atoms with Gasteiger partial charge >= 0.3 is 12.1 Å². The van der Waals surface area contributed by atoms with Gasteiger partial charge in [0, 0.05) is 22.9 Å². The summed E-state index contributed by atoms with van der Waals surface area (Å²) in [6.45, 7) is 5.74. The van der Waals surface area contributed by atoms with Crippen LogP contribution in [-0.2, 0) is 14.2 Å². The zero-order valence-electron chi connectivity index (χ0n) is 16.6. The second-order valence-corrected chi connectivity index (χ2v) is 9.36. The molecule has 156 valence electrons. The van der Waals surface area contributed by atoms with Gasteiger partial charge in [0.15, 0.2) is 0 Å². The molecule has 1 unspecified atom stereocenters. The van der Waals surface area contributed by atoms with Crippen LogP contribution in [0.4, 0.5) is 4.79 Å². The van der Waals surface area contributed by atoms with Crippen molar-refractivity contribution in [3.8, 4) is 0 Å². The zero-order valence-corrected chi connectivity index (χ0v) is 19.0. The van der Waals surface area contributed by atoms with Crippen LogP contribution in [0.25, 0.3) is 0 Å². The third-order valence-electron chi connectivity index (χ3n) is 4.12. The molecule has 9 heteroatoms. The first-order chi connectivity index (χ1) is 13.1. The molecule has 0 fully saturated rings. The van der Waals surface area contributed by atoms with Crippen LogP contribution in [0.2, 0.25) is 0 Å². The number of aliphatic hydroxyl groups is 1. The van der Waals surface area contributed by atoms with E-state index in [1.165, 1.54) is 23.3 Å². The molecule has 1 aromatic rings. The van der Waals surface area contributed by atoms with E-state index in [4.69, 9.17) is 14.2 Å². The Bertz CT molecular complexity index is 741. The first kappa shape index (κ1) is 22.9. The molecule has 3 atom stereocenters. The quantitative estimate of drug-likeness (QED) is 0.513. The van der Waals surface area contributed by atoms with E-state index < -0.39 is 23.8 Å². The number of rotatable bonds is 5. The lowest BCUT2D eigenvalue weighted by atomic mass is 10.0. The van der Waals surface area contributed by atoms with Crippen molar-refractivity contribution >= 4 is 39.3 Å². The van der Waals surface area contributed by atoms with Crippen molar-refractivity contribution in [2.24, 2.45) is 0 Å². The first-order valence-electron chi connectivity index (χ1n) is 8.82. The fourth-order valence-electron chi connectivity index (χ4n) is 2.81. The number of carbonyl (C=O) groups is 2. The van der Waals surface area contributed by atoms with Crippen molar-refractivity contribution in [2.45, 2.75) is 51.0 Å². The van der Waals surface area contributed by atoms with Crippen molar-refractivity contribution < 1.29 is 28.9 Å². The third-order valence-corrected chi connectivity index (χ3v) is 6.25. The zero-order chi connectivity index (χ0) is 21.1. The van der Waals surface area contributed by atoms with Gasteiger partial charge in [-0.1, -0.05) is 12.2 Å². The van der Waals surface area contributed by atoms with Crippen molar-refractivity contribution in [3.05, 3.63) is 32.4 Å². The van der Waals surface area contributed by atoms with E-state index in [1.54, 1.807) is 33.9 Å². The molecule has 0 aromatic carbocycles. The number of hydrogen-bond donors (Lipinski definition) is 1. The number of thiophene rings is 1. The molecule has 1 aliphatic rings. The minimum Gasteiger partial charge on any atom is -0.456 e. The highest BCUT2D eigenvalue weighted by molar-refractivity contribution is 9.10. The molecule has 0 spiro atoms. The fraction of sp³-hybridized carbons (Fsp3) is 0.579. The van der Waals surface area contributed by atoms with Crippen LogP contribution in [-0.4, -0.2) is 60.6 Å². The summed E-state index contributed by atoms with van der Waals surface area (Å²) < 4.78 is 16.2. The van der Waals surface area contributed by atoms with Crippen molar-refractivity contribution in [2.75, 3.05) is 20.8 Å². The molecular weight excluding hydrogens is 450 g/mol. The first-order valence-corrected chi connectivity index (χ1v) is 10.4. The molecule has 0 aliphatic carbocycles. The molecule has 0 saturated carbocycles. The lowest BCUT2D eigenvalue weighted by molar-refractivity contribution is 0.00751. The lowest BCUT2D eigenvalue weighted by Crippen LogP contribution is -2.47. The largest absolute Gasteiger partial charge is 0.456 e. The molecule has 2 rings (SSSR count). The molecule has 1 aliphatic heterocycles. The number of aliphatic hydroxyl groups excluding tert-OH is 1. The number of nitrogens with zero attached hydrogens (tertiary/aromatic N) is 1. The molecule has 2 heterocycles. The summed E-state index contributed by atoms with van der Waals surface area (Å²) in [6, 6.07) is 1.29. The monoisotopic (exact) mass is 475 g/mol. The summed E-state index contributed by atoms with van der Waals surface area (Å²) in [5.41, 5.74) is -0.599. The minimum absolute atomic E-state index is 0.222. The van der Waals surface area contributed by atoms with E-state index >= 15 is 0 Å². The highest BCUT2D eigenvalue weighted by Crippen LogP contribution is 2.36. The average Bonchev–Trinajstić information content (AvgIpc) is 3.02. The lowest BCUT2D eigenvalue weighted by Gasteiger charge is -2.35. The van der Waals surface area contributed by atoms with Gasteiger partial charge in [0.25, 0.3) is 0 Å². The van der Waals surface area contributed by atoms with Crippen LogP contribution in [0.1, 0.15) is 47.8 Å². The van der Waals surface area contributed by atoms with Crippen LogP contribution in [0.3, 0.4) is 0 Å². The summed E-state index contributed by atoms with van der Waals surface area (Å²) in [7, 11) is 2.89. The topological polar surface area (TPSA) is 85.3 Å². The van der Waals surface area contributed by atoms with E-state index in [0.29, 0.717) is 20.8 Å². The average molecular weight is 476 g/mol. The van der Waals surface area contributed by atoms with Gasteiger partial charge in [0.05, 0.1) is 31.9 Å². The van der Waals surface area contributed by atoms with Crippen LogP contribution in [0.15, 0.2) is 22.7 Å². The number of esters is 1. The second-order valence-electron chi connectivity index (χ2n) is 7.43. The molecular formula is C19H26BrNO6S. The van der Waals surface area contributed by atoms with Crippen molar-refractivity contribution in [1.29, 1.82) is 0 Å². The minimum atomic E-state index is -0.878. The van der Waals surface area contributed by atoms with E-state index in [2.05, 4.69) is 15.9 Å². The van der Waals surface area contributed by atoms with Crippen LogP contribution in [0, 0.1) is 0 Å². The normalized spacial score (nSPS) is 20.8. The number of carbonyl (C=O) groups excluding carboxylic acids is 2. The van der Waals surface area contributed by atoms with Crippen molar-refractivity contribution in [1.82, 2.24) is 4.90 Å². The van der Waals surface area contributed by atoms with Crippen molar-refractivity contribution in [3.63, 3.8) is 0 Å². The highest BCUT2D eigenvalue weighted by Gasteiger charge is 2.32. The number of methoxy groups -OCH3 is 2. The molecule has 1 N–H and O–H groups in total. The smallest absolute Gasteiger partial charge is 0.410 e. The molecule has 0 bridgehead atoms. The third kappa shape index (κ3) is 5.79. The van der Waals surface area contributed by atoms with Gasteiger partial charge in [0.1, 0.15) is 10.5 Å². The maximum absolute atomic E-state index is 12.3. The summed E-state index contributed by atoms with van der Waals surface area (Å²) in [5, 5.41) is 10.8. The molecule has 28 heavy (non-hydrogen) atoms. The molecule has 0 saturated heterocycles. The Morgan fingerprint density at radius 2 is 2.04 bits per heavy atom. The van der Waals surface area contributed by atoms with E-state index in [1.807, 2.05) is 12.2 Å². The van der Waals surface area contributed by atoms with E-state index in [-0.39, 0.29) is 18.6 Å². The SMILES string of the molecule is COC(=O)N1C[C@@H](OC)C=C[C@@H]1CC(O)c1sc(C(=O)OC(C)(C)C)cc1Br. The van der Waals surface area contributed by atoms with Gasteiger partial charge in [-0.2, -0.15) is 0 Å². The maximum atomic E-state index is 12.3. The summed E-state index contributed by atoms with van der Waals surface area (Å²) in [5.74, 6) is -0.437. The number of hydrogen-bond acceptors (Lipinski definition) is 7. The van der Waals surface area contributed by atoms with Crippen LogP contribution in [0.5, 0.6) is 0 Å². The fourth-order valence-corrected chi connectivity index (χ4v) is 4.62. The van der Waals surface area contributed by atoms with Gasteiger partial charge in [-0.05, 0) is 42.8 Å². The molecule has 1 aromatic heterocycles. The second kappa shape index (κ2) is 9.39. The standard InChI is InChI=1S/C19H26BrNO6S/c1-19(2,3)27-17(23)15-9-13(20)16(28-15)14(22)8-11-6-7-12(25-4)10-21(11)18(24)26-5/h6-7,9,11-12,14,22H,8,10H2,1-5H3/t11-,12+,14?/m1/s1. The predicted molar refractivity (Wildman–Crippen MR) is 110 cm³/mol. The molecule has 0 radical (unpaired) electrons. The van der Waals surface area contributed by atoms with Crippen LogP contribution >= 0.6 is 27.3 Å². The Kier molecular flexibility index (Phi) is 7.66. The van der Waals surface area contributed by atoms with E-state index in [0.717, 1.165) is 0 Å². The Morgan fingerprint density at radius 3 is 2.61 bits per heavy atom. The Labute approximate surface area is 177 Å². The van der Waals surface area contributed by atoms with Gasteiger partial charge in [-0.15, -0.1) is 11.3 Å². The number of halogens is 1. The Balaban J connectivity index is 2.16. The Hall–Kier alpha value is -1.42. The van der Waals surface area contributed by atoms with Gasteiger partial charge < -0.3 is 19.3 Å². The van der Waals surface area contributed by atoms with E-state index in [9.17, 15) is 14.7 Å². The summed E-state index contributed by atoms with van der Waals surface area (Å²) in [4.78, 5) is 26.9. The Morgan fingerprint density at radius 1 is 1.36 bits per heavy atom. The van der Waals surface area contributed by atoms with Crippen LogP contribution < -0.4 is 0 Å². The molecule has 1 amide bonds. The maximum Gasteiger partial charge on any atom is 0.410 e. The number of amides is 1. The predicted octanol–water partition coefficient (Wildman–Crippen LogP) is 3.91. The summed E-state index contributed by atoms with van der Waals surface area (Å²) >= 11 is 4.58. The van der Waals surface area contributed by atoms with Gasteiger partial charge in [0.2, 0.25) is 0 Å². The number of ether oxygens (including phenoxy) is 3. The highest BCUT2D eigenvalue weighted by atomic mass is 79.9. The van der Waals surface area contributed by atoms with Gasteiger partial charge in [-0.3, -0.25) is 4.90 Å². The molecule has 7 nitrogen and oxygen atoms in total. The summed E-state index contributed by atoms with van der Waals surface area (Å²) in [6.07, 6.45) is 2.37.